The molecule has 0 aliphatic carbocycles. The molecule has 6 aromatic carbocycles. The van der Waals surface area contributed by atoms with Crippen LogP contribution in [-0.4, -0.2) is 99.6 Å². The molecule has 17 nitrogen and oxygen atoms in total. The molecule has 77 heavy (non-hydrogen) atoms. The predicted molar refractivity (Wildman–Crippen MR) is 284 cm³/mol. The molecule has 0 saturated carbocycles. The van der Waals surface area contributed by atoms with E-state index in [1.54, 1.807) is 48.9 Å². The molecule has 6 aromatic rings. The van der Waals surface area contributed by atoms with Gasteiger partial charge in [0, 0.05) is 6.66 Å². The van der Waals surface area contributed by atoms with Crippen molar-refractivity contribution in [1.29, 1.82) is 0 Å². The summed E-state index contributed by atoms with van der Waals surface area (Å²) < 4.78 is 55.7. The molecule has 0 aliphatic rings. The summed E-state index contributed by atoms with van der Waals surface area (Å²) in [5, 5.41) is 30.5. The van der Waals surface area contributed by atoms with E-state index in [2.05, 4.69) is 0 Å². The second-order valence-electron chi connectivity index (χ2n) is 17.3. The Labute approximate surface area is 472 Å². The first-order valence-corrected chi connectivity index (χ1v) is 27.9. The summed E-state index contributed by atoms with van der Waals surface area (Å²) in [4.78, 5) is 48.3. The van der Waals surface area contributed by atoms with Gasteiger partial charge in [0.2, 0.25) is 20.2 Å². The Morgan fingerprint density at radius 2 is 0.909 bits per heavy atom. The van der Waals surface area contributed by atoms with E-state index in [-0.39, 0.29) is 87.2 Å². The van der Waals surface area contributed by atoms with Gasteiger partial charge >= 0.3 is 29.6 Å². The van der Waals surface area contributed by atoms with Crippen LogP contribution in [0.1, 0.15) is 33.4 Å². The van der Waals surface area contributed by atoms with Crippen LogP contribution in [0.4, 0.5) is 0 Å². The normalized spacial score (nSPS) is 15.2. The van der Waals surface area contributed by atoms with Gasteiger partial charge in [0.15, 0.2) is 7.60 Å². The zero-order valence-electron chi connectivity index (χ0n) is 43.0. The summed E-state index contributed by atoms with van der Waals surface area (Å²) >= 11 is 0. The quantitative estimate of drug-likeness (QED) is 0.0140. The number of hydrogen-bond acceptors (Lipinski definition) is 14. The molecule has 0 heterocycles. The Morgan fingerprint density at radius 3 is 1.32 bits per heavy atom. The van der Waals surface area contributed by atoms with Gasteiger partial charge in [0.25, 0.3) is 0 Å². The molecule has 0 aliphatic heterocycles. The first-order valence-electron chi connectivity index (χ1n) is 24.2. The SMILES string of the molecule is CP(=O)(/C=C/[C@@H](OCc1ccccc1)[C@@H](OCc1ccccc1)[C@H](CN(C=O)OCc1ccccc1)OCc1ccccc1)OCc1ccccc1.O=CN(O)C[C@H](O)[C@H](OCc1ccccc1)[C@H](O)/C=C/P(=O)([O-])O.[Na+]. The van der Waals surface area contributed by atoms with Crippen LogP contribution < -0.4 is 34.5 Å². The molecule has 6 rings (SSSR count). The Kier molecular flexibility index (Phi) is 29.5. The standard InChI is InChI=1S/C43H46NO7P.C14H20NO8P.Na/c1-52(46,51-34-40-25-15-6-16-26-40)28-27-41(47-30-36-17-7-2-8-18-36)43(49-32-38-21-11-4-12-22-38)42(48-31-37-19-9-3-10-20-37)29-44(35-45)50-33-39-23-13-5-14-24-39;16-10-15(19)8-13(18)14(12(17)6-7-24(20,21)22)23-9-11-4-2-1-3-5-11;/h2-28,35,41-43H,29-34H2,1H3;1-7,10,12-14,17-19H,8-9H2,(H2,20,21,22);/q;;+1/p-1/b28-27+;7-6+;/t41-,42+,43-,52?;12-,13+,14-;/m11./s1. The van der Waals surface area contributed by atoms with E-state index in [0.29, 0.717) is 12.2 Å². The number of aliphatic hydroxyl groups excluding tert-OH is 2. The summed E-state index contributed by atoms with van der Waals surface area (Å²) in [5.74, 6) is 1.95. The summed E-state index contributed by atoms with van der Waals surface area (Å²) in [7, 11) is -7.99. The third-order valence-corrected chi connectivity index (χ3v) is 13.0. The molecule has 20 heteroatoms. The van der Waals surface area contributed by atoms with Gasteiger partial charge in [-0.05, 0) is 57.2 Å². The number of nitrogens with zero attached hydrogens (tertiary/aromatic N) is 2. The fraction of sp³-hybridized carbons (Fsp3) is 0.263. The number of ether oxygens (including phenoxy) is 4. The zero-order chi connectivity index (χ0) is 54.4. The van der Waals surface area contributed by atoms with Gasteiger partial charge in [0.1, 0.15) is 43.2 Å². The number of carbonyl (C=O) groups is 2. The Balaban J connectivity index is 0.000000431. The Hall–Kier alpha value is -5.24. The number of hydroxylamine groups is 4. The van der Waals surface area contributed by atoms with Crippen molar-refractivity contribution in [3.8, 4) is 0 Å². The molecule has 0 spiro atoms. The average molecular weight is 1100 g/mol. The fourth-order valence-corrected chi connectivity index (χ4v) is 8.55. The van der Waals surface area contributed by atoms with E-state index in [4.69, 9.17) is 38.4 Å². The van der Waals surface area contributed by atoms with Crippen molar-refractivity contribution in [2.75, 3.05) is 19.8 Å². The van der Waals surface area contributed by atoms with Gasteiger partial charge in [-0.15, -0.1) is 0 Å². The Bertz CT molecular complexity index is 2700. The third-order valence-electron chi connectivity index (χ3n) is 11.1. The van der Waals surface area contributed by atoms with E-state index < -0.39 is 58.1 Å². The minimum Gasteiger partial charge on any atom is -0.776 e. The van der Waals surface area contributed by atoms with Gasteiger partial charge in [0.05, 0.1) is 46.1 Å². The van der Waals surface area contributed by atoms with Crippen LogP contribution >= 0.6 is 15.0 Å². The second kappa shape index (κ2) is 35.3. The zero-order valence-corrected chi connectivity index (χ0v) is 46.8. The fourth-order valence-electron chi connectivity index (χ4n) is 7.18. The molecule has 404 valence electrons. The molecule has 0 fully saturated rings. The van der Waals surface area contributed by atoms with E-state index in [1.807, 2.05) is 152 Å². The van der Waals surface area contributed by atoms with Crippen molar-refractivity contribution in [2.24, 2.45) is 0 Å². The molecular formula is C57H65N2NaO15P2. The number of rotatable bonds is 32. The van der Waals surface area contributed by atoms with E-state index in [9.17, 15) is 33.8 Å². The molecular weight excluding hydrogens is 1040 g/mol. The van der Waals surface area contributed by atoms with E-state index in [1.165, 1.54) is 5.06 Å². The predicted octanol–water partition coefficient (Wildman–Crippen LogP) is 5.18. The van der Waals surface area contributed by atoms with Gasteiger partial charge in [-0.1, -0.05) is 182 Å². The van der Waals surface area contributed by atoms with Gasteiger partial charge in [-0.2, -0.15) is 0 Å². The van der Waals surface area contributed by atoms with Crippen LogP contribution in [-0.2, 0) is 86.7 Å². The molecule has 2 amide bonds. The summed E-state index contributed by atoms with van der Waals surface area (Å²) in [6.45, 7) is 2.11. The van der Waals surface area contributed by atoms with Crippen molar-refractivity contribution in [2.45, 2.75) is 76.3 Å². The molecule has 0 radical (unpaired) electrons. The molecule has 0 aromatic heterocycles. The van der Waals surface area contributed by atoms with Crippen LogP contribution in [0, 0.1) is 0 Å². The molecule has 2 unspecified atom stereocenters. The first kappa shape index (κ1) is 64.3. The van der Waals surface area contributed by atoms with Crippen molar-refractivity contribution < 1.29 is 102 Å². The number of hydrogen-bond donors (Lipinski definition) is 4. The second-order valence-corrected chi connectivity index (χ2v) is 21.1. The largest absolute Gasteiger partial charge is 1.00 e. The maximum absolute atomic E-state index is 13.8. The minimum atomic E-state index is -4.74. The van der Waals surface area contributed by atoms with Crippen LogP contribution in [0.3, 0.4) is 0 Å². The van der Waals surface area contributed by atoms with Crippen molar-refractivity contribution in [1.82, 2.24) is 10.1 Å². The monoisotopic (exact) mass is 1100 g/mol. The van der Waals surface area contributed by atoms with Gasteiger partial charge < -0.3 is 48.0 Å². The average Bonchev–Trinajstić information content (AvgIpc) is 3.44. The van der Waals surface area contributed by atoms with Crippen LogP contribution in [0.25, 0.3) is 0 Å². The van der Waals surface area contributed by atoms with Crippen LogP contribution in [0.15, 0.2) is 206 Å². The molecule has 8 atom stereocenters. The van der Waals surface area contributed by atoms with Crippen LogP contribution in [0.2, 0.25) is 0 Å². The van der Waals surface area contributed by atoms with E-state index >= 15 is 0 Å². The van der Waals surface area contributed by atoms with E-state index in [0.717, 1.165) is 39.5 Å². The maximum atomic E-state index is 13.8. The number of benzene rings is 6. The van der Waals surface area contributed by atoms with Crippen LogP contribution in [0.5, 0.6) is 0 Å². The summed E-state index contributed by atoms with van der Waals surface area (Å²) in [5.41, 5.74) is 5.39. The molecule has 0 bridgehead atoms. The van der Waals surface area contributed by atoms with Crippen molar-refractivity contribution >= 4 is 27.8 Å². The number of aliphatic hydroxyl groups is 2. The summed E-state index contributed by atoms with van der Waals surface area (Å²) in [6, 6.07) is 57.3. The third kappa shape index (κ3) is 25.9. The molecule has 0 saturated heterocycles. The topological polar surface area (TPSA) is 234 Å². The Morgan fingerprint density at radius 1 is 0.519 bits per heavy atom. The maximum Gasteiger partial charge on any atom is 1.00 e. The first-order chi connectivity index (χ1) is 36.7. The number of amides is 2. The van der Waals surface area contributed by atoms with Crippen molar-refractivity contribution in [3.05, 3.63) is 239 Å². The summed E-state index contributed by atoms with van der Waals surface area (Å²) in [6.07, 6.45) is -3.65. The van der Waals surface area contributed by atoms with Gasteiger partial charge in [-0.25, -0.2) is 10.1 Å². The minimum absolute atomic E-state index is 0. The molecule has 4 N–H and O–H groups in total. The van der Waals surface area contributed by atoms with Crippen molar-refractivity contribution in [3.63, 3.8) is 0 Å². The smallest absolute Gasteiger partial charge is 0.776 e. The van der Waals surface area contributed by atoms with Gasteiger partial charge in [-0.3, -0.25) is 24.2 Å². The number of carbonyl (C=O) groups excluding carboxylic acids is 2.